The van der Waals surface area contributed by atoms with E-state index in [1.165, 1.54) is 12.0 Å². The van der Waals surface area contributed by atoms with Crippen molar-refractivity contribution in [2.45, 2.75) is 25.4 Å². The third kappa shape index (κ3) is 3.80. The van der Waals surface area contributed by atoms with Gasteiger partial charge in [0.1, 0.15) is 11.6 Å². The molecule has 0 aliphatic carbocycles. The lowest BCUT2D eigenvalue weighted by Gasteiger charge is -2.24. The van der Waals surface area contributed by atoms with Crippen molar-refractivity contribution in [3.63, 3.8) is 0 Å². The minimum atomic E-state index is 0.302. The van der Waals surface area contributed by atoms with Crippen molar-refractivity contribution in [2.75, 3.05) is 11.9 Å². The van der Waals surface area contributed by atoms with Gasteiger partial charge in [-0.15, -0.1) is 0 Å². The Labute approximate surface area is 147 Å². The van der Waals surface area contributed by atoms with Crippen molar-refractivity contribution >= 4 is 11.6 Å². The molecule has 0 saturated carbocycles. The maximum atomic E-state index is 4.76. The smallest absolute Gasteiger partial charge is 0.150 e. The summed E-state index contributed by atoms with van der Waals surface area (Å²) >= 11 is 0. The van der Waals surface area contributed by atoms with E-state index in [4.69, 9.17) is 4.98 Å². The number of anilines is 2. The molecule has 1 aliphatic rings. The summed E-state index contributed by atoms with van der Waals surface area (Å²) in [6.07, 6.45) is 10.8. The SMILES string of the molecule is c1ccc(CN2CCC[C@H]2c2cncc(Nc3cnccn3)n2)cc1. The van der Waals surface area contributed by atoms with Crippen molar-refractivity contribution in [2.24, 2.45) is 0 Å². The van der Waals surface area contributed by atoms with Gasteiger partial charge in [-0.1, -0.05) is 30.3 Å². The number of nitrogens with one attached hydrogen (secondary N) is 1. The second kappa shape index (κ2) is 7.36. The van der Waals surface area contributed by atoms with E-state index in [9.17, 15) is 0 Å². The van der Waals surface area contributed by atoms with Crippen LogP contribution in [0.15, 0.2) is 61.3 Å². The second-order valence-electron chi connectivity index (χ2n) is 6.16. The number of benzene rings is 1. The van der Waals surface area contributed by atoms with E-state index >= 15 is 0 Å². The fourth-order valence-electron chi connectivity index (χ4n) is 3.26. The van der Waals surface area contributed by atoms with Gasteiger partial charge >= 0.3 is 0 Å². The lowest BCUT2D eigenvalue weighted by atomic mass is 10.1. The van der Waals surface area contributed by atoms with Crippen LogP contribution in [-0.2, 0) is 6.54 Å². The summed E-state index contributed by atoms with van der Waals surface area (Å²) in [5.74, 6) is 1.37. The van der Waals surface area contributed by atoms with Crippen LogP contribution in [0.1, 0.15) is 30.1 Å². The van der Waals surface area contributed by atoms with E-state index in [0.717, 1.165) is 25.2 Å². The molecule has 2 aromatic heterocycles. The summed E-state index contributed by atoms with van der Waals surface area (Å²) in [5, 5.41) is 3.17. The molecule has 1 saturated heterocycles. The number of hydrogen-bond acceptors (Lipinski definition) is 6. The maximum absolute atomic E-state index is 4.76. The predicted molar refractivity (Wildman–Crippen MR) is 96.2 cm³/mol. The van der Waals surface area contributed by atoms with Crippen LogP contribution < -0.4 is 5.32 Å². The summed E-state index contributed by atoms with van der Waals surface area (Å²) < 4.78 is 0. The van der Waals surface area contributed by atoms with Gasteiger partial charge in [0.2, 0.25) is 0 Å². The molecule has 126 valence electrons. The highest BCUT2D eigenvalue weighted by Gasteiger charge is 2.27. The molecular weight excluding hydrogens is 312 g/mol. The van der Waals surface area contributed by atoms with Crippen molar-refractivity contribution in [3.8, 4) is 0 Å². The average molecular weight is 332 g/mol. The third-order valence-electron chi connectivity index (χ3n) is 4.41. The molecule has 0 bridgehead atoms. The van der Waals surface area contributed by atoms with E-state index < -0.39 is 0 Å². The molecule has 1 aromatic carbocycles. The minimum Gasteiger partial charge on any atom is -0.322 e. The Balaban J connectivity index is 1.51. The molecule has 3 heterocycles. The standard InChI is InChI=1S/C19H20N6/c1-2-5-15(6-3-1)14-25-10-4-7-17(25)16-11-21-13-19(23-16)24-18-12-20-8-9-22-18/h1-3,5-6,8-9,11-13,17H,4,7,10,14H2,(H,22,23,24)/t17-/m0/s1. The van der Waals surface area contributed by atoms with Crippen LogP contribution >= 0.6 is 0 Å². The van der Waals surface area contributed by atoms with Gasteiger partial charge in [-0.3, -0.25) is 14.9 Å². The van der Waals surface area contributed by atoms with Gasteiger partial charge in [0.05, 0.1) is 30.3 Å². The molecule has 0 radical (unpaired) electrons. The molecule has 3 aromatic rings. The monoisotopic (exact) mass is 332 g/mol. The molecule has 1 aliphatic heterocycles. The molecule has 4 rings (SSSR count). The summed E-state index contributed by atoms with van der Waals surface area (Å²) in [7, 11) is 0. The Morgan fingerprint density at radius 2 is 1.88 bits per heavy atom. The zero-order valence-electron chi connectivity index (χ0n) is 13.9. The Kier molecular flexibility index (Phi) is 4.61. The Morgan fingerprint density at radius 1 is 1.00 bits per heavy atom. The third-order valence-corrected chi connectivity index (χ3v) is 4.41. The van der Waals surface area contributed by atoms with Crippen LogP contribution in [0.5, 0.6) is 0 Å². The van der Waals surface area contributed by atoms with E-state index in [1.54, 1.807) is 24.8 Å². The largest absolute Gasteiger partial charge is 0.322 e. The van der Waals surface area contributed by atoms with E-state index in [0.29, 0.717) is 17.7 Å². The number of rotatable bonds is 5. The quantitative estimate of drug-likeness (QED) is 0.773. The molecule has 6 nitrogen and oxygen atoms in total. The summed E-state index contributed by atoms with van der Waals surface area (Å²) in [4.78, 5) is 19.9. The highest BCUT2D eigenvalue weighted by molar-refractivity contribution is 5.48. The molecular formula is C19H20N6. The van der Waals surface area contributed by atoms with Crippen LogP contribution in [0, 0.1) is 0 Å². The average Bonchev–Trinajstić information content (AvgIpc) is 3.12. The highest BCUT2D eigenvalue weighted by Crippen LogP contribution is 2.32. The second-order valence-corrected chi connectivity index (χ2v) is 6.16. The van der Waals surface area contributed by atoms with Gasteiger partial charge in [-0.2, -0.15) is 0 Å². The van der Waals surface area contributed by atoms with Crippen LogP contribution in [0.4, 0.5) is 11.6 Å². The van der Waals surface area contributed by atoms with Gasteiger partial charge in [-0.25, -0.2) is 9.97 Å². The lowest BCUT2D eigenvalue weighted by Crippen LogP contribution is -2.23. The van der Waals surface area contributed by atoms with Crippen molar-refractivity contribution in [1.29, 1.82) is 0 Å². The van der Waals surface area contributed by atoms with E-state index in [-0.39, 0.29) is 0 Å². The van der Waals surface area contributed by atoms with Crippen LogP contribution in [0.2, 0.25) is 0 Å². The normalized spacial score (nSPS) is 17.5. The molecule has 1 N–H and O–H groups in total. The summed E-state index contributed by atoms with van der Waals surface area (Å²) in [6.45, 7) is 2.03. The number of likely N-dealkylation sites (tertiary alicyclic amines) is 1. The zero-order chi connectivity index (χ0) is 16.9. The molecule has 0 amide bonds. The van der Waals surface area contributed by atoms with Gasteiger partial charge in [0.25, 0.3) is 0 Å². The molecule has 0 spiro atoms. The van der Waals surface area contributed by atoms with E-state index in [1.807, 2.05) is 6.20 Å². The number of aromatic nitrogens is 4. The summed E-state index contributed by atoms with van der Waals surface area (Å²) in [5.41, 5.74) is 2.33. The number of hydrogen-bond donors (Lipinski definition) is 1. The van der Waals surface area contributed by atoms with Gasteiger partial charge in [0.15, 0.2) is 0 Å². The molecule has 6 heteroatoms. The van der Waals surface area contributed by atoms with Crippen LogP contribution in [-0.4, -0.2) is 31.4 Å². The zero-order valence-corrected chi connectivity index (χ0v) is 13.9. The molecule has 25 heavy (non-hydrogen) atoms. The lowest BCUT2D eigenvalue weighted by molar-refractivity contribution is 0.244. The number of nitrogens with zero attached hydrogens (tertiary/aromatic N) is 5. The Hall–Kier alpha value is -2.86. The van der Waals surface area contributed by atoms with Crippen molar-refractivity contribution in [3.05, 3.63) is 72.6 Å². The topological polar surface area (TPSA) is 66.8 Å². The fourth-order valence-corrected chi connectivity index (χ4v) is 3.26. The molecule has 1 fully saturated rings. The van der Waals surface area contributed by atoms with E-state index in [2.05, 4.69) is 55.5 Å². The van der Waals surface area contributed by atoms with Crippen LogP contribution in [0.25, 0.3) is 0 Å². The predicted octanol–water partition coefficient (Wildman–Crippen LogP) is 3.35. The molecule has 0 unspecified atom stereocenters. The van der Waals surface area contributed by atoms with Gasteiger partial charge < -0.3 is 5.32 Å². The van der Waals surface area contributed by atoms with Gasteiger partial charge in [0, 0.05) is 18.9 Å². The Bertz CT molecular complexity index is 808. The first-order valence-electron chi connectivity index (χ1n) is 8.51. The molecule has 1 atom stereocenters. The highest BCUT2D eigenvalue weighted by atomic mass is 15.2. The minimum absolute atomic E-state index is 0.302. The van der Waals surface area contributed by atoms with Crippen LogP contribution in [0.3, 0.4) is 0 Å². The fraction of sp³-hybridized carbons (Fsp3) is 0.263. The first-order chi connectivity index (χ1) is 12.4. The maximum Gasteiger partial charge on any atom is 0.150 e. The van der Waals surface area contributed by atoms with Crippen molar-refractivity contribution in [1.82, 2.24) is 24.8 Å². The first kappa shape index (κ1) is 15.7. The van der Waals surface area contributed by atoms with Crippen molar-refractivity contribution < 1.29 is 0 Å². The first-order valence-corrected chi connectivity index (χ1v) is 8.51. The summed E-state index contributed by atoms with van der Waals surface area (Å²) in [6, 6.07) is 10.9. The van der Waals surface area contributed by atoms with Gasteiger partial charge in [-0.05, 0) is 24.9 Å². The Morgan fingerprint density at radius 3 is 2.72 bits per heavy atom.